The molecule has 0 bridgehead atoms. The third-order valence-corrected chi connectivity index (χ3v) is 2.84. The summed E-state index contributed by atoms with van der Waals surface area (Å²) in [7, 11) is 0. The minimum atomic E-state index is -1.21. The van der Waals surface area contributed by atoms with Crippen molar-refractivity contribution in [1.29, 1.82) is 0 Å². The van der Waals surface area contributed by atoms with Crippen LogP contribution in [0.15, 0.2) is 30.3 Å². The SMILES string of the molecule is Cc1cc(-c2ccccc2C)nc(C(N)C(=O)O)n1. The zero-order valence-corrected chi connectivity index (χ0v) is 10.8. The topological polar surface area (TPSA) is 89.1 Å². The normalized spacial score (nSPS) is 12.2. The molecule has 2 rings (SSSR count). The van der Waals surface area contributed by atoms with Crippen molar-refractivity contribution >= 4 is 5.97 Å². The van der Waals surface area contributed by atoms with Gasteiger partial charge < -0.3 is 10.8 Å². The van der Waals surface area contributed by atoms with E-state index < -0.39 is 12.0 Å². The molecule has 0 fully saturated rings. The minimum Gasteiger partial charge on any atom is -0.480 e. The number of nitrogens with zero attached hydrogens (tertiary/aromatic N) is 2. The van der Waals surface area contributed by atoms with Crippen LogP contribution in [0.4, 0.5) is 0 Å². The van der Waals surface area contributed by atoms with E-state index in [4.69, 9.17) is 10.8 Å². The molecule has 0 aliphatic carbocycles. The predicted molar refractivity (Wildman–Crippen MR) is 71.5 cm³/mol. The number of rotatable bonds is 3. The number of hydrogen-bond donors (Lipinski definition) is 2. The molecule has 0 aliphatic rings. The van der Waals surface area contributed by atoms with Gasteiger partial charge in [-0.05, 0) is 25.5 Å². The van der Waals surface area contributed by atoms with E-state index >= 15 is 0 Å². The Morgan fingerprint density at radius 1 is 1.26 bits per heavy atom. The van der Waals surface area contributed by atoms with E-state index in [1.807, 2.05) is 37.3 Å². The average Bonchev–Trinajstić information content (AvgIpc) is 2.37. The maximum Gasteiger partial charge on any atom is 0.328 e. The Hall–Kier alpha value is -2.27. The first kappa shape index (κ1) is 13.2. The minimum absolute atomic E-state index is 0.130. The fourth-order valence-corrected chi connectivity index (χ4v) is 1.84. The van der Waals surface area contributed by atoms with Gasteiger partial charge in [0.05, 0.1) is 5.69 Å². The van der Waals surface area contributed by atoms with Crippen molar-refractivity contribution in [2.24, 2.45) is 5.73 Å². The highest BCUT2D eigenvalue weighted by atomic mass is 16.4. The van der Waals surface area contributed by atoms with Gasteiger partial charge in [-0.1, -0.05) is 24.3 Å². The summed E-state index contributed by atoms with van der Waals surface area (Å²) in [5.41, 5.74) is 8.97. The molecule has 1 heterocycles. The second-order valence-corrected chi connectivity index (χ2v) is 4.38. The molecule has 1 atom stereocenters. The van der Waals surface area contributed by atoms with Gasteiger partial charge in [0.25, 0.3) is 0 Å². The number of aliphatic carboxylic acids is 1. The summed E-state index contributed by atoms with van der Waals surface area (Å²) in [6, 6.07) is 8.38. The Bertz CT molecular complexity index is 626. The van der Waals surface area contributed by atoms with E-state index in [0.29, 0.717) is 11.4 Å². The Kier molecular flexibility index (Phi) is 3.57. The average molecular weight is 257 g/mol. The highest BCUT2D eigenvalue weighted by molar-refractivity contribution is 5.74. The summed E-state index contributed by atoms with van der Waals surface area (Å²) >= 11 is 0. The fraction of sp³-hybridized carbons (Fsp3) is 0.214. The molecule has 5 heteroatoms. The maximum atomic E-state index is 10.9. The molecule has 0 saturated heterocycles. The van der Waals surface area contributed by atoms with E-state index in [-0.39, 0.29) is 5.82 Å². The number of carbonyl (C=O) groups is 1. The van der Waals surface area contributed by atoms with E-state index in [1.165, 1.54) is 0 Å². The molecule has 2 aromatic rings. The lowest BCUT2D eigenvalue weighted by molar-refractivity contribution is -0.138. The molecule has 1 unspecified atom stereocenters. The van der Waals surface area contributed by atoms with Crippen molar-refractivity contribution < 1.29 is 9.90 Å². The van der Waals surface area contributed by atoms with Crippen LogP contribution in [-0.2, 0) is 4.79 Å². The molecule has 0 spiro atoms. The molecule has 5 nitrogen and oxygen atoms in total. The Morgan fingerprint density at radius 2 is 1.95 bits per heavy atom. The first-order chi connectivity index (χ1) is 8.99. The first-order valence-corrected chi connectivity index (χ1v) is 5.89. The van der Waals surface area contributed by atoms with Crippen molar-refractivity contribution in [2.75, 3.05) is 0 Å². The molecule has 19 heavy (non-hydrogen) atoms. The zero-order chi connectivity index (χ0) is 14.0. The predicted octanol–water partition coefficient (Wildman–Crippen LogP) is 1.84. The molecule has 0 radical (unpaired) electrons. The van der Waals surface area contributed by atoms with Crippen molar-refractivity contribution in [3.8, 4) is 11.3 Å². The van der Waals surface area contributed by atoms with Crippen LogP contribution in [0.2, 0.25) is 0 Å². The van der Waals surface area contributed by atoms with Crippen LogP contribution in [0.5, 0.6) is 0 Å². The van der Waals surface area contributed by atoms with Gasteiger partial charge >= 0.3 is 5.97 Å². The lowest BCUT2D eigenvalue weighted by atomic mass is 10.0. The molecule has 0 aliphatic heterocycles. The zero-order valence-electron chi connectivity index (χ0n) is 10.8. The second-order valence-electron chi connectivity index (χ2n) is 4.38. The summed E-state index contributed by atoms with van der Waals surface area (Å²) in [5.74, 6) is -1.01. The van der Waals surface area contributed by atoms with Gasteiger partial charge in [-0.25, -0.2) is 9.97 Å². The fourth-order valence-electron chi connectivity index (χ4n) is 1.84. The Labute approximate surface area is 111 Å². The lowest BCUT2D eigenvalue weighted by Gasteiger charge is -2.10. The standard InChI is InChI=1S/C14H15N3O2/c1-8-5-3-4-6-10(8)11-7-9(2)16-13(17-11)12(15)14(18)19/h3-7,12H,15H2,1-2H3,(H,18,19). The van der Waals surface area contributed by atoms with E-state index in [2.05, 4.69) is 9.97 Å². The summed E-state index contributed by atoms with van der Waals surface area (Å²) in [6.07, 6.45) is 0. The summed E-state index contributed by atoms with van der Waals surface area (Å²) in [6.45, 7) is 3.77. The molecule has 98 valence electrons. The highest BCUT2D eigenvalue weighted by Gasteiger charge is 2.19. The molecule has 0 amide bonds. The van der Waals surface area contributed by atoms with Gasteiger partial charge in [0, 0.05) is 11.3 Å². The number of nitrogens with two attached hydrogens (primary N) is 1. The summed E-state index contributed by atoms with van der Waals surface area (Å²) in [4.78, 5) is 19.3. The van der Waals surface area contributed by atoms with Gasteiger partial charge in [0.1, 0.15) is 0 Å². The van der Waals surface area contributed by atoms with Gasteiger partial charge in [-0.2, -0.15) is 0 Å². The molecule has 0 saturated carbocycles. The monoisotopic (exact) mass is 257 g/mol. The lowest BCUT2D eigenvalue weighted by Crippen LogP contribution is -2.23. The van der Waals surface area contributed by atoms with Crippen LogP contribution < -0.4 is 5.73 Å². The number of benzene rings is 1. The molecular weight excluding hydrogens is 242 g/mol. The van der Waals surface area contributed by atoms with Crippen LogP contribution in [0.1, 0.15) is 23.1 Å². The van der Waals surface area contributed by atoms with Crippen LogP contribution >= 0.6 is 0 Å². The number of carboxylic acids is 1. The van der Waals surface area contributed by atoms with Gasteiger partial charge in [-0.15, -0.1) is 0 Å². The molecule has 1 aromatic carbocycles. The number of hydrogen-bond acceptors (Lipinski definition) is 4. The second kappa shape index (κ2) is 5.16. The van der Waals surface area contributed by atoms with Crippen molar-refractivity contribution in [3.63, 3.8) is 0 Å². The molecule has 1 aromatic heterocycles. The van der Waals surface area contributed by atoms with E-state index in [9.17, 15) is 4.79 Å². The molecular formula is C14H15N3O2. The first-order valence-electron chi connectivity index (χ1n) is 5.89. The van der Waals surface area contributed by atoms with Gasteiger partial charge in [0.15, 0.2) is 11.9 Å². The van der Waals surface area contributed by atoms with E-state index in [0.717, 1.165) is 11.1 Å². The van der Waals surface area contributed by atoms with Gasteiger partial charge in [-0.3, -0.25) is 4.79 Å². The quantitative estimate of drug-likeness (QED) is 0.875. The third kappa shape index (κ3) is 2.77. The van der Waals surface area contributed by atoms with Crippen LogP contribution in [0, 0.1) is 13.8 Å². The Balaban J connectivity index is 2.54. The Morgan fingerprint density at radius 3 is 2.58 bits per heavy atom. The van der Waals surface area contributed by atoms with Crippen LogP contribution in [0.3, 0.4) is 0 Å². The van der Waals surface area contributed by atoms with E-state index in [1.54, 1.807) is 6.92 Å². The summed E-state index contributed by atoms with van der Waals surface area (Å²) in [5, 5.41) is 8.94. The smallest absolute Gasteiger partial charge is 0.328 e. The van der Waals surface area contributed by atoms with Crippen molar-refractivity contribution in [2.45, 2.75) is 19.9 Å². The van der Waals surface area contributed by atoms with Crippen molar-refractivity contribution in [1.82, 2.24) is 9.97 Å². The third-order valence-electron chi connectivity index (χ3n) is 2.84. The number of carboxylic acid groups (broad SMARTS) is 1. The van der Waals surface area contributed by atoms with Gasteiger partial charge in [0.2, 0.25) is 0 Å². The van der Waals surface area contributed by atoms with Crippen LogP contribution in [-0.4, -0.2) is 21.0 Å². The van der Waals surface area contributed by atoms with Crippen molar-refractivity contribution in [3.05, 3.63) is 47.4 Å². The maximum absolute atomic E-state index is 10.9. The number of aryl methyl sites for hydroxylation is 2. The van der Waals surface area contributed by atoms with Crippen LogP contribution in [0.25, 0.3) is 11.3 Å². The number of aromatic nitrogens is 2. The molecule has 3 N–H and O–H groups in total. The largest absolute Gasteiger partial charge is 0.480 e. The summed E-state index contributed by atoms with van der Waals surface area (Å²) < 4.78 is 0. The highest BCUT2D eigenvalue weighted by Crippen LogP contribution is 2.22.